The molecule has 3 atom stereocenters. The SMILES string of the molecule is CC(NC(=O)C(C)N1CCCC(CN(C)C(=O)OC(C)(C)C)C1)c1ccccc1. The van der Waals surface area contributed by atoms with Crippen LogP contribution in [-0.4, -0.2) is 60.1 Å². The predicted octanol–water partition coefficient (Wildman–Crippen LogP) is 3.83. The summed E-state index contributed by atoms with van der Waals surface area (Å²) in [6.45, 7) is 11.9. The summed E-state index contributed by atoms with van der Waals surface area (Å²) >= 11 is 0. The topological polar surface area (TPSA) is 61.9 Å². The van der Waals surface area contributed by atoms with Gasteiger partial charge in [-0.2, -0.15) is 0 Å². The van der Waals surface area contributed by atoms with Gasteiger partial charge >= 0.3 is 6.09 Å². The first-order valence-corrected chi connectivity index (χ1v) is 10.6. The molecule has 0 aromatic heterocycles. The third-order valence-electron chi connectivity index (χ3n) is 5.37. The third kappa shape index (κ3) is 7.35. The van der Waals surface area contributed by atoms with E-state index in [2.05, 4.69) is 10.2 Å². The molecule has 1 aliphatic heterocycles. The lowest BCUT2D eigenvalue weighted by Crippen LogP contribution is -2.51. The second-order valence-electron chi connectivity index (χ2n) is 9.18. The molecule has 1 N–H and O–H groups in total. The summed E-state index contributed by atoms with van der Waals surface area (Å²) < 4.78 is 5.45. The highest BCUT2D eigenvalue weighted by Gasteiger charge is 2.30. The average Bonchev–Trinajstić information content (AvgIpc) is 2.66. The fourth-order valence-electron chi connectivity index (χ4n) is 3.72. The molecule has 162 valence electrons. The number of rotatable bonds is 6. The molecule has 0 saturated carbocycles. The zero-order chi connectivity index (χ0) is 21.6. The number of piperidine rings is 1. The van der Waals surface area contributed by atoms with Gasteiger partial charge in [-0.3, -0.25) is 9.69 Å². The van der Waals surface area contributed by atoms with Crippen LogP contribution in [-0.2, 0) is 9.53 Å². The first kappa shape index (κ1) is 23.2. The molecule has 1 aliphatic rings. The van der Waals surface area contributed by atoms with Crippen molar-refractivity contribution in [3.8, 4) is 0 Å². The lowest BCUT2D eigenvalue weighted by atomic mass is 9.96. The summed E-state index contributed by atoms with van der Waals surface area (Å²) in [6, 6.07) is 9.78. The summed E-state index contributed by atoms with van der Waals surface area (Å²) in [5.74, 6) is 0.380. The van der Waals surface area contributed by atoms with Crippen LogP contribution in [0, 0.1) is 5.92 Å². The predicted molar refractivity (Wildman–Crippen MR) is 116 cm³/mol. The molecule has 1 heterocycles. The molecule has 0 bridgehead atoms. The number of hydrogen-bond donors (Lipinski definition) is 1. The molecule has 29 heavy (non-hydrogen) atoms. The summed E-state index contributed by atoms with van der Waals surface area (Å²) in [5.41, 5.74) is 0.606. The van der Waals surface area contributed by atoms with Crippen LogP contribution in [0.25, 0.3) is 0 Å². The maximum atomic E-state index is 12.8. The van der Waals surface area contributed by atoms with E-state index in [1.807, 2.05) is 65.0 Å². The van der Waals surface area contributed by atoms with E-state index in [-0.39, 0.29) is 24.1 Å². The van der Waals surface area contributed by atoms with Crippen LogP contribution in [0.2, 0.25) is 0 Å². The molecule has 1 aromatic carbocycles. The highest BCUT2D eigenvalue weighted by molar-refractivity contribution is 5.81. The van der Waals surface area contributed by atoms with Gasteiger partial charge in [-0.05, 0) is 65.5 Å². The van der Waals surface area contributed by atoms with E-state index in [1.54, 1.807) is 11.9 Å². The van der Waals surface area contributed by atoms with Gasteiger partial charge in [0.05, 0.1) is 12.1 Å². The summed E-state index contributed by atoms with van der Waals surface area (Å²) in [4.78, 5) is 28.9. The molecule has 0 radical (unpaired) electrons. The Morgan fingerprint density at radius 1 is 1.24 bits per heavy atom. The smallest absolute Gasteiger partial charge is 0.410 e. The molecule has 1 aromatic rings. The highest BCUT2D eigenvalue weighted by Crippen LogP contribution is 2.21. The van der Waals surface area contributed by atoms with E-state index < -0.39 is 5.60 Å². The van der Waals surface area contributed by atoms with Gasteiger partial charge in [-0.1, -0.05) is 30.3 Å². The van der Waals surface area contributed by atoms with E-state index >= 15 is 0 Å². The fraction of sp³-hybridized carbons (Fsp3) is 0.652. The minimum absolute atomic E-state index is 0.0231. The fourth-order valence-corrected chi connectivity index (χ4v) is 3.72. The van der Waals surface area contributed by atoms with Gasteiger partial charge in [-0.25, -0.2) is 4.79 Å². The lowest BCUT2D eigenvalue weighted by Gasteiger charge is -2.38. The Morgan fingerprint density at radius 2 is 1.90 bits per heavy atom. The highest BCUT2D eigenvalue weighted by atomic mass is 16.6. The minimum atomic E-state index is -0.494. The molecule has 6 heteroatoms. The maximum Gasteiger partial charge on any atom is 0.410 e. The number of nitrogens with one attached hydrogen (secondary N) is 1. The van der Waals surface area contributed by atoms with Gasteiger partial charge in [0.1, 0.15) is 5.60 Å². The van der Waals surface area contributed by atoms with Crippen LogP contribution in [0.3, 0.4) is 0 Å². The maximum absolute atomic E-state index is 12.8. The third-order valence-corrected chi connectivity index (χ3v) is 5.37. The van der Waals surface area contributed by atoms with Gasteiger partial charge in [0.2, 0.25) is 5.91 Å². The van der Waals surface area contributed by atoms with E-state index in [1.165, 1.54) is 0 Å². The van der Waals surface area contributed by atoms with Gasteiger partial charge in [0, 0.05) is 20.1 Å². The summed E-state index contributed by atoms with van der Waals surface area (Å²) in [6.07, 6.45) is 1.79. The zero-order valence-corrected chi connectivity index (χ0v) is 18.8. The van der Waals surface area contributed by atoms with Crippen LogP contribution in [0.5, 0.6) is 0 Å². The van der Waals surface area contributed by atoms with E-state index in [0.29, 0.717) is 12.5 Å². The quantitative estimate of drug-likeness (QED) is 0.784. The molecule has 6 nitrogen and oxygen atoms in total. The molecule has 2 rings (SSSR count). The molecule has 3 unspecified atom stereocenters. The van der Waals surface area contributed by atoms with Gasteiger partial charge < -0.3 is 15.0 Å². The standard InChI is InChI=1S/C23H37N3O3/c1-17(20-12-8-7-9-13-20)24-21(27)18(2)26-14-10-11-19(16-26)15-25(6)22(28)29-23(3,4)5/h7-9,12-13,17-19H,10-11,14-16H2,1-6H3,(H,24,27). The normalized spacial score (nSPS) is 19.9. The van der Waals surface area contributed by atoms with Crippen LogP contribution in [0.4, 0.5) is 4.79 Å². The Labute approximate surface area is 175 Å². The molecule has 1 saturated heterocycles. The van der Waals surface area contributed by atoms with Crippen LogP contribution in [0.15, 0.2) is 30.3 Å². The minimum Gasteiger partial charge on any atom is -0.444 e. The largest absolute Gasteiger partial charge is 0.444 e. The van der Waals surface area contributed by atoms with Crippen molar-refractivity contribution < 1.29 is 14.3 Å². The number of carbonyl (C=O) groups is 2. The molecule has 0 spiro atoms. The molecular formula is C23H37N3O3. The monoisotopic (exact) mass is 403 g/mol. The second-order valence-corrected chi connectivity index (χ2v) is 9.18. The summed E-state index contributed by atoms with van der Waals surface area (Å²) in [5, 5.41) is 3.13. The molecule has 1 fully saturated rings. The van der Waals surface area contributed by atoms with Crippen molar-refractivity contribution in [2.45, 2.75) is 65.1 Å². The summed E-state index contributed by atoms with van der Waals surface area (Å²) in [7, 11) is 1.78. The Bertz CT molecular complexity index is 672. The van der Waals surface area contributed by atoms with Crippen molar-refractivity contribution in [2.24, 2.45) is 5.92 Å². The Morgan fingerprint density at radius 3 is 2.52 bits per heavy atom. The van der Waals surface area contributed by atoms with Crippen molar-refractivity contribution in [3.63, 3.8) is 0 Å². The lowest BCUT2D eigenvalue weighted by molar-refractivity contribution is -0.127. The van der Waals surface area contributed by atoms with Gasteiger partial charge in [-0.15, -0.1) is 0 Å². The van der Waals surface area contributed by atoms with Crippen LogP contribution >= 0.6 is 0 Å². The van der Waals surface area contributed by atoms with Crippen molar-refractivity contribution in [3.05, 3.63) is 35.9 Å². The van der Waals surface area contributed by atoms with E-state index in [0.717, 1.165) is 31.5 Å². The number of likely N-dealkylation sites (tertiary alicyclic amines) is 1. The first-order valence-electron chi connectivity index (χ1n) is 10.6. The Balaban J connectivity index is 1.87. The van der Waals surface area contributed by atoms with Crippen molar-refractivity contribution in [1.82, 2.24) is 15.1 Å². The number of amides is 2. The number of benzene rings is 1. The van der Waals surface area contributed by atoms with Crippen molar-refractivity contribution in [1.29, 1.82) is 0 Å². The van der Waals surface area contributed by atoms with E-state index in [9.17, 15) is 9.59 Å². The number of ether oxygens (including phenoxy) is 1. The van der Waals surface area contributed by atoms with E-state index in [4.69, 9.17) is 4.74 Å². The molecular weight excluding hydrogens is 366 g/mol. The Hall–Kier alpha value is -2.08. The molecule has 0 aliphatic carbocycles. The van der Waals surface area contributed by atoms with Crippen molar-refractivity contribution in [2.75, 3.05) is 26.7 Å². The molecule has 2 amide bonds. The second kappa shape index (κ2) is 10.1. The van der Waals surface area contributed by atoms with Gasteiger partial charge in [0.25, 0.3) is 0 Å². The van der Waals surface area contributed by atoms with Gasteiger partial charge in [0.15, 0.2) is 0 Å². The van der Waals surface area contributed by atoms with Crippen LogP contribution in [0.1, 0.15) is 59.1 Å². The first-order chi connectivity index (χ1) is 13.6. The Kier molecular flexibility index (Phi) is 8.08. The average molecular weight is 404 g/mol. The number of nitrogens with zero attached hydrogens (tertiary/aromatic N) is 2. The number of carbonyl (C=O) groups excluding carboxylic acids is 2. The van der Waals surface area contributed by atoms with Crippen molar-refractivity contribution >= 4 is 12.0 Å². The zero-order valence-electron chi connectivity index (χ0n) is 18.8. The number of hydrogen-bond acceptors (Lipinski definition) is 4. The van der Waals surface area contributed by atoms with Crippen LogP contribution < -0.4 is 5.32 Å².